The van der Waals surface area contributed by atoms with Crippen molar-refractivity contribution >= 4 is 27.9 Å². The van der Waals surface area contributed by atoms with Crippen LogP contribution in [0.1, 0.15) is 12.5 Å². The number of carboxylic acid groups (broad SMARTS) is 1. The number of carboxylic acids is 1. The van der Waals surface area contributed by atoms with Crippen molar-refractivity contribution in [3.8, 4) is 0 Å². The molecule has 2 amide bonds. The maximum Gasteiger partial charge on any atom is 0.326 e. The van der Waals surface area contributed by atoms with Crippen LogP contribution in [-0.4, -0.2) is 35.1 Å². The number of carbonyl (C=O) groups is 2. The van der Waals surface area contributed by atoms with Gasteiger partial charge in [0, 0.05) is 18.1 Å². The molecule has 0 saturated carbocycles. The van der Waals surface area contributed by atoms with Gasteiger partial charge in [0.25, 0.3) is 0 Å². The molecule has 1 atom stereocenters. The molecule has 1 aromatic carbocycles. The highest BCUT2D eigenvalue weighted by Crippen LogP contribution is 2.15. The lowest BCUT2D eigenvalue weighted by molar-refractivity contribution is -0.141. The van der Waals surface area contributed by atoms with E-state index in [0.29, 0.717) is 6.54 Å². The van der Waals surface area contributed by atoms with E-state index in [0.717, 1.165) is 14.9 Å². The van der Waals surface area contributed by atoms with Gasteiger partial charge in [0.2, 0.25) is 0 Å². The van der Waals surface area contributed by atoms with E-state index in [1.54, 1.807) is 0 Å². The van der Waals surface area contributed by atoms with Crippen LogP contribution < -0.4 is 5.32 Å². The fourth-order valence-corrected chi connectivity index (χ4v) is 1.70. The van der Waals surface area contributed by atoms with Gasteiger partial charge in [0.15, 0.2) is 0 Å². The Morgan fingerprint density at radius 2 is 2.06 bits per heavy atom. The summed E-state index contributed by atoms with van der Waals surface area (Å²) in [5.41, 5.74) is 0.933. The standard InChI is InChI=1S/C12H15BrN2O3/c1-8(11(16)17)15(2)12(18)14-7-9-5-3-4-6-10(9)13/h3-6,8H,7H2,1-2H3,(H,14,18)(H,16,17). The molecule has 0 aliphatic heterocycles. The Bertz CT molecular complexity index is 451. The van der Waals surface area contributed by atoms with Crippen molar-refractivity contribution in [1.29, 1.82) is 0 Å². The molecule has 0 bridgehead atoms. The number of benzene rings is 1. The van der Waals surface area contributed by atoms with Gasteiger partial charge in [-0.3, -0.25) is 0 Å². The zero-order valence-corrected chi connectivity index (χ0v) is 11.8. The minimum atomic E-state index is -1.03. The average molecular weight is 315 g/mol. The maximum absolute atomic E-state index is 11.7. The second-order valence-electron chi connectivity index (χ2n) is 3.88. The van der Waals surface area contributed by atoms with E-state index in [4.69, 9.17) is 5.11 Å². The predicted octanol–water partition coefficient (Wildman–Crippen LogP) is 2.06. The van der Waals surface area contributed by atoms with Crippen LogP contribution in [0.5, 0.6) is 0 Å². The molecule has 2 N–H and O–H groups in total. The molecule has 1 unspecified atom stereocenters. The minimum absolute atomic E-state index is 0.344. The number of hydrogen-bond donors (Lipinski definition) is 2. The van der Waals surface area contributed by atoms with Gasteiger partial charge >= 0.3 is 12.0 Å². The topological polar surface area (TPSA) is 69.6 Å². The summed E-state index contributed by atoms with van der Waals surface area (Å²) in [5.74, 6) is -1.03. The first-order valence-corrected chi connectivity index (χ1v) is 6.19. The summed E-state index contributed by atoms with van der Waals surface area (Å²) in [4.78, 5) is 23.6. The largest absolute Gasteiger partial charge is 0.480 e. The molecular weight excluding hydrogens is 300 g/mol. The van der Waals surface area contributed by atoms with Gasteiger partial charge in [-0.05, 0) is 18.6 Å². The van der Waals surface area contributed by atoms with E-state index in [1.807, 2.05) is 24.3 Å². The van der Waals surface area contributed by atoms with Crippen molar-refractivity contribution in [2.75, 3.05) is 7.05 Å². The van der Waals surface area contributed by atoms with Crippen LogP contribution in [0.2, 0.25) is 0 Å². The normalized spacial score (nSPS) is 11.7. The number of halogens is 1. The molecule has 0 heterocycles. The Labute approximate surface area is 114 Å². The fraction of sp³-hybridized carbons (Fsp3) is 0.333. The first-order valence-electron chi connectivity index (χ1n) is 5.40. The van der Waals surface area contributed by atoms with Crippen molar-refractivity contribution in [2.45, 2.75) is 19.5 Å². The zero-order valence-electron chi connectivity index (χ0n) is 10.2. The lowest BCUT2D eigenvalue weighted by atomic mass is 10.2. The number of hydrogen-bond acceptors (Lipinski definition) is 2. The zero-order chi connectivity index (χ0) is 13.7. The molecular formula is C12H15BrN2O3. The third-order valence-corrected chi connectivity index (χ3v) is 3.42. The highest BCUT2D eigenvalue weighted by Gasteiger charge is 2.21. The molecule has 1 aromatic rings. The van der Waals surface area contributed by atoms with Crippen molar-refractivity contribution in [3.63, 3.8) is 0 Å². The Morgan fingerprint density at radius 1 is 1.44 bits per heavy atom. The first kappa shape index (κ1) is 14.5. The summed E-state index contributed by atoms with van der Waals surface area (Å²) in [6, 6.07) is 6.24. The molecule has 18 heavy (non-hydrogen) atoms. The van der Waals surface area contributed by atoms with Crippen molar-refractivity contribution in [3.05, 3.63) is 34.3 Å². The summed E-state index contributed by atoms with van der Waals surface area (Å²) in [6.07, 6.45) is 0. The number of rotatable bonds is 4. The van der Waals surface area contributed by atoms with Gasteiger partial charge in [-0.1, -0.05) is 34.1 Å². The monoisotopic (exact) mass is 314 g/mol. The SMILES string of the molecule is CC(C(=O)O)N(C)C(=O)NCc1ccccc1Br. The quantitative estimate of drug-likeness (QED) is 0.893. The number of nitrogens with one attached hydrogen (secondary N) is 1. The van der Waals surface area contributed by atoms with Crippen LogP contribution in [0.4, 0.5) is 4.79 Å². The summed E-state index contributed by atoms with van der Waals surface area (Å²) in [7, 11) is 1.45. The summed E-state index contributed by atoms with van der Waals surface area (Å²) in [5, 5.41) is 11.5. The van der Waals surface area contributed by atoms with Crippen molar-refractivity contribution < 1.29 is 14.7 Å². The third kappa shape index (κ3) is 3.73. The molecule has 1 rings (SSSR count). The van der Waals surface area contributed by atoms with Gasteiger partial charge in [-0.2, -0.15) is 0 Å². The molecule has 6 heteroatoms. The molecule has 0 radical (unpaired) electrons. The Hall–Kier alpha value is -1.56. The maximum atomic E-state index is 11.7. The summed E-state index contributed by atoms with van der Waals surface area (Å²) in [6.45, 7) is 1.80. The van der Waals surface area contributed by atoms with E-state index in [9.17, 15) is 9.59 Å². The molecule has 0 saturated heterocycles. The Balaban J connectivity index is 2.56. The van der Waals surface area contributed by atoms with E-state index in [2.05, 4.69) is 21.2 Å². The molecule has 0 aliphatic rings. The number of amides is 2. The van der Waals surface area contributed by atoms with E-state index in [-0.39, 0.29) is 0 Å². The molecule has 0 spiro atoms. The van der Waals surface area contributed by atoms with Crippen LogP contribution >= 0.6 is 15.9 Å². The Kier molecular flexibility index (Phi) is 5.15. The molecule has 0 aromatic heterocycles. The van der Waals surface area contributed by atoms with Gasteiger partial charge in [-0.25, -0.2) is 9.59 Å². The Morgan fingerprint density at radius 3 is 2.61 bits per heavy atom. The van der Waals surface area contributed by atoms with E-state index >= 15 is 0 Å². The van der Waals surface area contributed by atoms with Crippen LogP contribution in [0.3, 0.4) is 0 Å². The first-order chi connectivity index (χ1) is 8.43. The number of urea groups is 1. The second kappa shape index (κ2) is 6.39. The summed E-state index contributed by atoms with van der Waals surface area (Å²) < 4.78 is 0.902. The smallest absolute Gasteiger partial charge is 0.326 e. The second-order valence-corrected chi connectivity index (χ2v) is 4.73. The van der Waals surface area contributed by atoms with Gasteiger partial charge in [0.05, 0.1) is 0 Å². The lowest BCUT2D eigenvalue weighted by Crippen LogP contribution is -2.45. The molecule has 5 nitrogen and oxygen atoms in total. The average Bonchev–Trinajstić information content (AvgIpc) is 2.35. The van der Waals surface area contributed by atoms with Crippen molar-refractivity contribution in [2.24, 2.45) is 0 Å². The minimum Gasteiger partial charge on any atom is -0.480 e. The molecule has 0 fully saturated rings. The molecule has 0 aliphatic carbocycles. The number of carbonyl (C=O) groups excluding carboxylic acids is 1. The van der Waals surface area contributed by atoms with E-state index in [1.165, 1.54) is 14.0 Å². The van der Waals surface area contributed by atoms with Crippen LogP contribution in [0.25, 0.3) is 0 Å². The van der Waals surface area contributed by atoms with Crippen molar-refractivity contribution in [1.82, 2.24) is 10.2 Å². The lowest BCUT2D eigenvalue weighted by Gasteiger charge is -2.22. The van der Waals surface area contributed by atoms with Crippen LogP contribution in [0, 0.1) is 0 Å². The van der Waals surface area contributed by atoms with Crippen LogP contribution in [0.15, 0.2) is 28.7 Å². The van der Waals surface area contributed by atoms with Gasteiger partial charge in [-0.15, -0.1) is 0 Å². The number of aliphatic carboxylic acids is 1. The number of nitrogens with zero attached hydrogens (tertiary/aromatic N) is 1. The van der Waals surface area contributed by atoms with Crippen LogP contribution in [-0.2, 0) is 11.3 Å². The number of likely N-dealkylation sites (N-methyl/N-ethyl adjacent to an activating group) is 1. The third-order valence-electron chi connectivity index (χ3n) is 2.65. The highest BCUT2D eigenvalue weighted by atomic mass is 79.9. The predicted molar refractivity (Wildman–Crippen MR) is 71.2 cm³/mol. The highest BCUT2D eigenvalue weighted by molar-refractivity contribution is 9.10. The summed E-state index contributed by atoms with van der Waals surface area (Å²) >= 11 is 3.38. The van der Waals surface area contributed by atoms with E-state index < -0.39 is 18.0 Å². The molecule has 98 valence electrons. The van der Waals surface area contributed by atoms with Gasteiger partial charge in [0.1, 0.15) is 6.04 Å². The van der Waals surface area contributed by atoms with Gasteiger partial charge < -0.3 is 15.3 Å². The fourth-order valence-electron chi connectivity index (χ4n) is 1.28.